The normalized spacial score (nSPS) is 11.4. The number of ether oxygens (including phenoxy) is 1. The third kappa shape index (κ3) is 2.19. The molecule has 18 heavy (non-hydrogen) atoms. The van der Waals surface area contributed by atoms with E-state index >= 15 is 0 Å². The van der Waals surface area contributed by atoms with Crippen LogP contribution in [-0.2, 0) is 13.8 Å². The maximum Gasteiger partial charge on any atom is 0.338 e. The third-order valence-corrected chi connectivity index (χ3v) is 3.93. The molecule has 4 nitrogen and oxygen atoms in total. The average molecular weight is 285 g/mol. The Kier molecular flexibility index (Phi) is 3.28. The highest BCUT2D eigenvalue weighted by molar-refractivity contribution is 8.14. The summed E-state index contributed by atoms with van der Waals surface area (Å²) in [5.74, 6) is -0.523. The van der Waals surface area contributed by atoms with E-state index in [0.29, 0.717) is 16.3 Å². The molecule has 0 aromatic heterocycles. The molecule has 0 amide bonds. The van der Waals surface area contributed by atoms with Crippen LogP contribution in [0.15, 0.2) is 41.3 Å². The minimum atomic E-state index is -3.86. The zero-order chi connectivity index (χ0) is 13.3. The van der Waals surface area contributed by atoms with Crippen molar-refractivity contribution in [2.75, 3.05) is 7.11 Å². The van der Waals surface area contributed by atoms with E-state index in [0.717, 1.165) is 0 Å². The lowest BCUT2D eigenvalue weighted by Crippen LogP contribution is -2.03. The number of esters is 1. The first-order valence-electron chi connectivity index (χ1n) is 5.00. The predicted octanol–water partition coefficient (Wildman–Crippen LogP) is 2.55. The summed E-state index contributed by atoms with van der Waals surface area (Å²) in [6, 6.07) is 9.32. The molecule has 2 aromatic carbocycles. The van der Waals surface area contributed by atoms with Crippen molar-refractivity contribution in [1.82, 2.24) is 0 Å². The van der Waals surface area contributed by atoms with E-state index in [1.807, 2.05) is 0 Å². The van der Waals surface area contributed by atoms with Gasteiger partial charge in [0.15, 0.2) is 0 Å². The summed E-state index contributed by atoms with van der Waals surface area (Å²) in [6.07, 6.45) is 0. The lowest BCUT2D eigenvalue weighted by molar-refractivity contribution is 0.0603. The van der Waals surface area contributed by atoms with Gasteiger partial charge in [0.2, 0.25) is 0 Å². The zero-order valence-electron chi connectivity index (χ0n) is 9.38. The van der Waals surface area contributed by atoms with Gasteiger partial charge in [-0.05, 0) is 17.5 Å². The van der Waals surface area contributed by atoms with Gasteiger partial charge >= 0.3 is 5.97 Å². The Morgan fingerprint density at radius 3 is 2.28 bits per heavy atom. The molecule has 0 aliphatic carbocycles. The number of hydrogen-bond donors (Lipinski definition) is 0. The number of carbonyl (C=O) groups excluding carboxylic acids is 1. The minimum absolute atomic E-state index is 0.0209. The number of halogens is 1. The van der Waals surface area contributed by atoms with E-state index in [1.165, 1.54) is 19.2 Å². The Morgan fingerprint density at radius 1 is 1.11 bits per heavy atom. The van der Waals surface area contributed by atoms with Crippen molar-refractivity contribution >= 4 is 36.5 Å². The van der Waals surface area contributed by atoms with Gasteiger partial charge in [-0.2, -0.15) is 0 Å². The van der Waals surface area contributed by atoms with E-state index in [1.54, 1.807) is 24.3 Å². The SMILES string of the molecule is COC(=O)c1ccc(S(=O)(=O)Cl)c2ccccc12. The van der Waals surface area contributed by atoms with E-state index in [9.17, 15) is 13.2 Å². The van der Waals surface area contributed by atoms with Crippen LogP contribution in [0.25, 0.3) is 10.8 Å². The number of carbonyl (C=O) groups is 1. The summed E-state index contributed by atoms with van der Waals surface area (Å²) >= 11 is 0. The minimum Gasteiger partial charge on any atom is -0.465 e. The number of methoxy groups -OCH3 is 1. The summed E-state index contributed by atoms with van der Waals surface area (Å²) in [7, 11) is 2.77. The first-order chi connectivity index (χ1) is 8.45. The van der Waals surface area contributed by atoms with Crippen LogP contribution in [0.4, 0.5) is 0 Å². The molecule has 2 rings (SSSR count). The molecular formula is C12H9ClO4S. The molecule has 0 bridgehead atoms. The van der Waals surface area contributed by atoms with Crippen molar-refractivity contribution in [3.8, 4) is 0 Å². The molecule has 0 saturated heterocycles. The molecule has 0 fully saturated rings. The van der Waals surface area contributed by atoms with Gasteiger partial charge in [-0.15, -0.1) is 0 Å². The number of rotatable bonds is 2. The van der Waals surface area contributed by atoms with Crippen LogP contribution in [0.1, 0.15) is 10.4 Å². The van der Waals surface area contributed by atoms with Gasteiger partial charge in [0.1, 0.15) is 0 Å². The van der Waals surface area contributed by atoms with Gasteiger partial charge in [-0.25, -0.2) is 13.2 Å². The Balaban J connectivity index is 2.87. The summed E-state index contributed by atoms with van der Waals surface area (Å²) in [4.78, 5) is 11.6. The maximum atomic E-state index is 11.6. The van der Waals surface area contributed by atoms with Crippen molar-refractivity contribution in [2.45, 2.75) is 4.90 Å². The van der Waals surface area contributed by atoms with Crippen LogP contribution in [0.5, 0.6) is 0 Å². The van der Waals surface area contributed by atoms with E-state index < -0.39 is 15.0 Å². The van der Waals surface area contributed by atoms with E-state index in [-0.39, 0.29) is 4.90 Å². The molecule has 0 atom stereocenters. The second-order valence-corrected chi connectivity index (χ2v) is 6.12. The summed E-state index contributed by atoms with van der Waals surface area (Å²) < 4.78 is 27.5. The van der Waals surface area contributed by atoms with Crippen molar-refractivity contribution in [1.29, 1.82) is 0 Å². The van der Waals surface area contributed by atoms with Crippen LogP contribution in [0.3, 0.4) is 0 Å². The molecule has 0 radical (unpaired) electrons. The molecule has 0 saturated carbocycles. The Bertz CT molecular complexity index is 722. The third-order valence-electron chi connectivity index (χ3n) is 2.55. The fourth-order valence-electron chi connectivity index (χ4n) is 1.77. The lowest BCUT2D eigenvalue weighted by Gasteiger charge is -2.07. The molecule has 0 aliphatic rings. The Labute approximate surface area is 109 Å². The van der Waals surface area contributed by atoms with Crippen LogP contribution < -0.4 is 0 Å². The lowest BCUT2D eigenvalue weighted by atomic mass is 10.0. The molecule has 0 aliphatic heterocycles. The fraction of sp³-hybridized carbons (Fsp3) is 0.0833. The smallest absolute Gasteiger partial charge is 0.338 e. The number of fused-ring (bicyclic) bond motifs is 1. The van der Waals surface area contributed by atoms with Gasteiger partial charge in [0.05, 0.1) is 17.6 Å². The van der Waals surface area contributed by atoms with Crippen LogP contribution in [0.2, 0.25) is 0 Å². The van der Waals surface area contributed by atoms with Gasteiger partial charge in [-0.1, -0.05) is 24.3 Å². The Hall–Kier alpha value is -1.59. The first kappa shape index (κ1) is 12.9. The van der Waals surface area contributed by atoms with E-state index in [2.05, 4.69) is 4.74 Å². The molecule has 0 unspecified atom stereocenters. The predicted molar refractivity (Wildman–Crippen MR) is 68.3 cm³/mol. The quantitative estimate of drug-likeness (QED) is 0.628. The number of benzene rings is 2. The highest BCUT2D eigenvalue weighted by Crippen LogP contribution is 2.28. The van der Waals surface area contributed by atoms with Crippen LogP contribution in [0, 0.1) is 0 Å². The van der Waals surface area contributed by atoms with Gasteiger partial charge in [0.25, 0.3) is 9.05 Å². The molecule has 2 aromatic rings. The monoisotopic (exact) mass is 284 g/mol. The first-order valence-corrected chi connectivity index (χ1v) is 7.31. The fourth-order valence-corrected chi connectivity index (χ4v) is 2.85. The second kappa shape index (κ2) is 4.59. The molecule has 0 heterocycles. The van der Waals surface area contributed by atoms with Crippen molar-refractivity contribution in [2.24, 2.45) is 0 Å². The van der Waals surface area contributed by atoms with Crippen LogP contribution >= 0.6 is 10.7 Å². The zero-order valence-corrected chi connectivity index (χ0v) is 11.0. The van der Waals surface area contributed by atoms with Crippen molar-refractivity contribution < 1.29 is 17.9 Å². The van der Waals surface area contributed by atoms with Gasteiger partial charge < -0.3 is 4.74 Å². The summed E-state index contributed by atoms with van der Waals surface area (Å²) in [5, 5.41) is 0.890. The van der Waals surface area contributed by atoms with Gasteiger partial charge in [0, 0.05) is 16.1 Å². The summed E-state index contributed by atoms with van der Waals surface area (Å²) in [6.45, 7) is 0. The standard InChI is InChI=1S/C12H9ClO4S/c1-17-12(14)10-6-7-11(18(13,15)16)9-5-3-2-4-8(9)10/h2-7H,1H3. The average Bonchev–Trinajstić information content (AvgIpc) is 2.35. The van der Waals surface area contributed by atoms with Crippen molar-refractivity contribution in [3.63, 3.8) is 0 Å². The molecular weight excluding hydrogens is 276 g/mol. The van der Waals surface area contributed by atoms with Gasteiger partial charge in [-0.3, -0.25) is 0 Å². The Morgan fingerprint density at radius 2 is 1.72 bits per heavy atom. The largest absolute Gasteiger partial charge is 0.465 e. The van der Waals surface area contributed by atoms with Crippen LogP contribution in [-0.4, -0.2) is 21.5 Å². The molecule has 6 heteroatoms. The van der Waals surface area contributed by atoms with Crippen molar-refractivity contribution in [3.05, 3.63) is 42.0 Å². The molecule has 0 N–H and O–H groups in total. The van der Waals surface area contributed by atoms with E-state index in [4.69, 9.17) is 10.7 Å². The molecule has 94 valence electrons. The second-order valence-electron chi connectivity index (χ2n) is 3.59. The molecule has 0 spiro atoms. The topological polar surface area (TPSA) is 60.4 Å². The maximum absolute atomic E-state index is 11.6. The highest BCUT2D eigenvalue weighted by atomic mass is 35.7. The summed E-state index contributed by atoms with van der Waals surface area (Å²) in [5.41, 5.74) is 0.303. The number of hydrogen-bond acceptors (Lipinski definition) is 4. The highest BCUT2D eigenvalue weighted by Gasteiger charge is 2.18.